The molecule has 0 unspecified atom stereocenters. The van der Waals surface area contributed by atoms with E-state index in [2.05, 4.69) is 0 Å². The number of imide groups is 1. The Morgan fingerprint density at radius 1 is 0.789 bits per heavy atom. The summed E-state index contributed by atoms with van der Waals surface area (Å²) in [6.45, 7) is 2.61. The van der Waals surface area contributed by atoms with Crippen molar-refractivity contribution in [1.29, 1.82) is 0 Å². The molecule has 3 atom stereocenters. The van der Waals surface area contributed by atoms with E-state index in [0.29, 0.717) is 46.5 Å². The number of para-hydroxylation sites is 1. The van der Waals surface area contributed by atoms with E-state index in [1.54, 1.807) is 35.4 Å². The number of rotatable bonds is 9. The zero-order chi connectivity index (χ0) is 26.8. The topological polar surface area (TPSA) is 86.8 Å². The van der Waals surface area contributed by atoms with Crippen LogP contribution < -0.4 is 28.9 Å². The highest BCUT2D eigenvalue weighted by Crippen LogP contribution is 2.52. The summed E-state index contributed by atoms with van der Waals surface area (Å²) in [6, 6.07) is 19.2. The van der Waals surface area contributed by atoms with Crippen LogP contribution in [0.2, 0.25) is 0 Å². The highest BCUT2D eigenvalue weighted by molar-refractivity contribution is 6.24. The first kappa shape index (κ1) is 25.4. The summed E-state index contributed by atoms with van der Waals surface area (Å²) in [5.41, 5.74) is 1.80. The first-order valence-electron chi connectivity index (χ1n) is 12.4. The highest BCUT2D eigenvalue weighted by atomic mass is 16.7. The van der Waals surface area contributed by atoms with E-state index in [4.69, 9.17) is 23.8 Å². The molecule has 0 saturated carbocycles. The fraction of sp³-hybridized carbons (Fsp3) is 0.310. The Kier molecular flexibility index (Phi) is 7.11. The Bertz CT molecular complexity index is 1310. The van der Waals surface area contributed by atoms with Crippen molar-refractivity contribution in [1.82, 2.24) is 0 Å². The van der Waals surface area contributed by atoms with Crippen LogP contribution >= 0.6 is 0 Å². The number of carbonyl (C=O) groups is 2. The predicted octanol–water partition coefficient (Wildman–Crippen LogP) is 4.55. The molecule has 2 aliphatic heterocycles. The fourth-order valence-corrected chi connectivity index (χ4v) is 5.05. The largest absolute Gasteiger partial charge is 0.494 e. The second-order valence-electron chi connectivity index (χ2n) is 8.94. The quantitative estimate of drug-likeness (QED) is 0.382. The van der Waals surface area contributed by atoms with Gasteiger partial charge in [0.1, 0.15) is 17.7 Å². The van der Waals surface area contributed by atoms with Crippen molar-refractivity contribution in [2.45, 2.75) is 25.5 Å². The molecule has 9 heteroatoms. The number of hydrogen-bond donors (Lipinski definition) is 0. The van der Waals surface area contributed by atoms with Gasteiger partial charge >= 0.3 is 0 Å². The molecule has 9 nitrogen and oxygen atoms in total. The Morgan fingerprint density at radius 3 is 2.13 bits per heavy atom. The number of ether oxygens (including phenoxy) is 4. The molecule has 2 aliphatic rings. The van der Waals surface area contributed by atoms with Crippen LogP contribution in [0, 0.1) is 5.92 Å². The number of fused-ring (bicyclic) bond motifs is 1. The molecule has 0 radical (unpaired) electrons. The van der Waals surface area contributed by atoms with Crippen LogP contribution in [0.5, 0.6) is 23.0 Å². The van der Waals surface area contributed by atoms with E-state index < -0.39 is 24.0 Å². The number of nitrogens with zero attached hydrogens (tertiary/aromatic N) is 2. The first-order chi connectivity index (χ1) is 18.5. The molecule has 0 N–H and O–H groups in total. The molecule has 3 aromatic rings. The van der Waals surface area contributed by atoms with E-state index >= 15 is 0 Å². The summed E-state index contributed by atoms with van der Waals surface area (Å²) in [5.74, 6) is 0.335. The summed E-state index contributed by atoms with van der Waals surface area (Å²) in [6.07, 6.45) is -0.133. The van der Waals surface area contributed by atoms with Crippen molar-refractivity contribution in [2.24, 2.45) is 5.92 Å². The van der Waals surface area contributed by atoms with E-state index in [0.717, 1.165) is 6.42 Å². The summed E-state index contributed by atoms with van der Waals surface area (Å²) < 4.78 is 22.5. The second-order valence-corrected chi connectivity index (χ2v) is 8.94. The molecular formula is C29H30N2O7. The number of benzene rings is 3. The van der Waals surface area contributed by atoms with E-state index in [1.165, 1.54) is 26.2 Å². The molecule has 3 aromatic carbocycles. The Balaban J connectivity index is 1.58. The zero-order valence-electron chi connectivity index (χ0n) is 21.7. The SMILES string of the molecule is CCCOc1ccc(N2C(=O)[C@H]3[C@H](ON(c4ccccc4)[C@H]3c3ccc(OC)c(OC)c3OC)C2=O)cc1. The zero-order valence-corrected chi connectivity index (χ0v) is 21.7. The van der Waals surface area contributed by atoms with Gasteiger partial charge in [-0.3, -0.25) is 14.4 Å². The monoisotopic (exact) mass is 518 g/mol. The van der Waals surface area contributed by atoms with Gasteiger partial charge in [-0.2, -0.15) is 0 Å². The molecule has 2 amide bonds. The number of hydrogen-bond acceptors (Lipinski definition) is 8. The van der Waals surface area contributed by atoms with Crippen LogP contribution in [-0.2, 0) is 14.4 Å². The number of carbonyl (C=O) groups excluding carboxylic acids is 2. The molecule has 0 aromatic heterocycles. The molecule has 5 rings (SSSR count). The van der Waals surface area contributed by atoms with Crippen molar-refractivity contribution in [3.05, 3.63) is 72.3 Å². The molecule has 2 heterocycles. The van der Waals surface area contributed by atoms with Crippen molar-refractivity contribution in [3.63, 3.8) is 0 Å². The van der Waals surface area contributed by atoms with Crippen molar-refractivity contribution in [2.75, 3.05) is 37.9 Å². The summed E-state index contributed by atoms with van der Waals surface area (Å²) in [4.78, 5) is 35.0. The van der Waals surface area contributed by atoms with Crippen LogP contribution in [0.4, 0.5) is 11.4 Å². The normalized spacial score (nSPS) is 20.5. The molecule has 2 fully saturated rings. The minimum absolute atomic E-state index is 0.359. The molecule has 38 heavy (non-hydrogen) atoms. The van der Waals surface area contributed by atoms with E-state index in [-0.39, 0.29) is 5.91 Å². The van der Waals surface area contributed by atoms with Gasteiger partial charge in [0.15, 0.2) is 17.6 Å². The van der Waals surface area contributed by atoms with Gasteiger partial charge in [0.2, 0.25) is 11.7 Å². The molecule has 0 bridgehead atoms. The third kappa shape index (κ3) is 4.18. The number of anilines is 2. The summed E-state index contributed by atoms with van der Waals surface area (Å²) >= 11 is 0. The minimum atomic E-state index is -1.01. The lowest BCUT2D eigenvalue weighted by Crippen LogP contribution is -2.37. The van der Waals surface area contributed by atoms with Gasteiger partial charge in [0.25, 0.3) is 5.91 Å². The standard InChI is InChI=1S/C29H30N2O7/c1-5-17-37-20-13-11-18(12-14-20)30-28(32)23-24(21-15-16-22(34-2)26(36-4)25(21)35-3)31(38-27(23)29(30)33)19-9-7-6-8-10-19/h6-16,23-24,27H,5,17H2,1-4H3/t23-,24+,27+/m1/s1. The van der Waals surface area contributed by atoms with Crippen LogP contribution in [0.1, 0.15) is 24.9 Å². The molecule has 0 spiro atoms. The van der Waals surface area contributed by atoms with E-state index in [1.807, 2.05) is 43.3 Å². The van der Waals surface area contributed by atoms with Gasteiger partial charge in [0, 0.05) is 5.56 Å². The van der Waals surface area contributed by atoms with Crippen LogP contribution in [-0.4, -0.2) is 45.9 Å². The lowest BCUT2D eigenvalue weighted by Gasteiger charge is -2.30. The first-order valence-corrected chi connectivity index (χ1v) is 12.4. The average Bonchev–Trinajstić information content (AvgIpc) is 3.47. The van der Waals surface area contributed by atoms with Gasteiger partial charge in [-0.15, -0.1) is 0 Å². The number of hydroxylamine groups is 1. The third-order valence-electron chi connectivity index (χ3n) is 6.75. The van der Waals surface area contributed by atoms with Gasteiger partial charge in [-0.25, -0.2) is 9.96 Å². The molecule has 0 aliphatic carbocycles. The third-order valence-corrected chi connectivity index (χ3v) is 6.75. The maximum atomic E-state index is 14.0. The fourth-order valence-electron chi connectivity index (χ4n) is 5.05. The summed E-state index contributed by atoms with van der Waals surface area (Å²) in [7, 11) is 4.58. The van der Waals surface area contributed by atoms with Crippen LogP contribution in [0.25, 0.3) is 0 Å². The Morgan fingerprint density at radius 2 is 1.50 bits per heavy atom. The maximum Gasteiger partial charge on any atom is 0.266 e. The van der Waals surface area contributed by atoms with Crippen LogP contribution in [0.15, 0.2) is 66.7 Å². The van der Waals surface area contributed by atoms with Gasteiger partial charge in [-0.1, -0.05) is 25.1 Å². The average molecular weight is 519 g/mol. The second kappa shape index (κ2) is 10.6. The molecule has 198 valence electrons. The Hall–Kier alpha value is -4.24. The minimum Gasteiger partial charge on any atom is -0.494 e. The lowest BCUT2D eigenvalue weighted by atomic mass is 9.89. The van der Waals surface area contributed by atoms with Crippen LogP contribution in [0.3, 0.4) is 0 Å². The highest BCUT2D eigenvalue weighted by Gasteiger charge is 2.61. The maximum absolute atomic E-state index is 14.0. The number of methoxy groups -OCH3 is 3. The number of amides is 2. The van der Waals surface area contributed by atoms with Gasteiger partial charge in [-0.05, 0) is 55.0 Å². The van der Waals surface area contributed by atoms with E-state index in [9.17, 15) is 9.59 Å². The molecule has 2 saturated heterocycles. The van der Waals surface area contributed by atoms with Crippen molar-refractivity contribution < 1.29 is 33.4 Å². The summed E-state index contributed by atoms with van der Waals surface area (Å²) in [5, 5.41) is 1.62. The molecular weight excluding hydrogens is 488 g/mol. The van der Waals surface area contributed by atoms with Crippen molar-refractivity contribution >= 4 is 23.2 Å². The lowest BCUT2D eigenvalue weighted by molar-refractivity contribution is -0.126. The predicted molar refractivity (Wildman–Crippen MR) is 141 cm³/mol. The Labute approximate surface area is 221 Å². The van der Waals surface area contributed by atoms with Crippen molar-refractivity contribution in [3.8, 4) is 23.0 Å². The van der Waals surface area contributed by atoms with Gasteiger partial charge in [0.05, 0.1) is 39.3 Å². The smallest absolute Gasteiger partial charge is 0.266 e. The van der Waals surface area contributed by atoms with Gasteiger partial charge < -0.3 is 18.9 Å².